The van der Waals surface area contributed by atoms with E-state index in [1.807, 2.05) is 4.90 Å². The highest BCUT2D eigenvalue weighted by molar-refractivity contribution is 5.85. The van der Waals surface area contributed by atoms with Gasteiger partial charge in [0.2, 0.25) is 5.91 Å². The number of hydrogen-bond donors (Lipinski definition) is 1. The third kappa shape index (κ3) is 2.94. The van der Waals surface area contributed by atoms with Gasteiger partial charge in [0.1, 0.15) is 0 Å². The molecule has 0 saturated carbocycles. The number of fused-ring (bicyclic) bond motifs is 3. The summed E-state index contributed by atoms with van der Waals surface area (Å²) in [6, 6.07) is 16.9. The molecule has 1 amide bonds. The third-order valence-electron chi connectivity index (χ3n) is 5.27. The summed E-state index contributed by atoms with van der Waals surface area (Å²) >= 11 is 0. The van der Waals surface area contributed by atoms with Gasteiger partial charge in [0.15, 0.2) is 0 Å². The van der Waals surface area contributed by atoms with Crippen LogP contribution in [0.5, 0.6) is 0 Å². The lowest BCUT2D eigenvalue weighted by Crippen LogP contribution is -2.50. The van der Waals surface area contributed by atoms with Crippen LogP contribution in [0.1, 0.15) is 18.1 Å². The van der Waals surface area contributed by atoms with E-state index >= 15 is 0 Å². The Kier molecular flexibility index (Phi) is 4.93. The van der Waals surface area contributed by atoms with Crippen LogP contribution < -0.4 is 5.32 Å². The number of nitrogens with zero attached hydrogens (tertiary/aromatic N) is 1. The number of carbonyl (C=O) groups excluding carboxylic acids is 1. The summed E-state index contributed by atoms with van der Waals surface area (Å²) in [5, 5.41) is 3.27. The zero-order valence-electron chi connectivity index (χ0n) is 13.9. The highest BCUT2D eigenvalue weighted by Crippen LogP contribution is 2.33. The van der Waals surface area contributed by atoms with E-state index in [1.54, 1.807) is 0 Å². The normalized spacial score (nSPS) is 17.6. The third-order valence-corrected chi connectivity index (χ3v) is 5.27. The van der Waals surface area contributed by atoms with E-state index in [9.17, 15) is 4.79 Å². The van der Waals surface area contributed by atoms with Crippen LogP contribution >= 0.6 is 12.4 Å². The van der Waals surface area contributed by atoms with E-state index in [0.29, 0.717) is 19.0 Å². The molecule has 0 spiro atoms. The molecular weight excluding hydrogens is 320 g/mol. The van der Waals surface area contributed by atoms with Gasteiger partial charge < -0.3 is 10.2 Å². The van der Waals surface area contributed by atoms with E-state index < -0.39 is 0 Å². The SMILES string of the molecule is CC(C(=O)N1Cc2ccccc2-c2ccccc2C1)C1CNC1.Cl. The highest BCUT2D eigenvalue weighted by Gasteiger charge is 2.33. The molecule has 1 N–H and O–H groups in total. The van der Waals surface area contributed by atoms with Gasteiger partial charge in [-0.1, -0.05) is 55.5 Å². The monoisotopic (exact) mass is 342 g/mol. The molecule has 3 nitrogen and oxygen atoms in total. The van der Waals surface area contributed by atoms with Gasteiger partial charge in [-0.05, 0) is 41.3 Å². The summed E-state index contributed by atoms with van der Waals surface area (Å²) in [7, 11) is 0. The quantitative estimate of drug-likeness (QED) is 0.906. The van der Waals surface area contributed by atoms with Crippen LogP contribution in [0.4, 0.5) is 0 Å². The Morgan fingerprint density at radius 3 is 1.96 bits per heavy atom. The Balaban J connectivity index is 0.00000169. The maximum atomic E-state index is 13.0. The molecule has 126 valence electrons. The van der Waals surface area contributed by atoms with Crippen LogP contribution in [0.3, 0.4) is 0 Å². The predicted octanol–water partition coefficient (Wildman–Crippen LogP) is 3.47. The first-order valence-electron chi connectivity index (χ1n) is 8.39. The lowest BCUT2D eigenvalue weighted by Gasteiger charge is -2.35. The van der Waals surface area contributed by atoms with Gasteiger partial charge in [0, 0.05) is 19.0 Å². The number of amides is 1. The first-order valence-corrected chi connectivity index (χ1v) is 8.39. The van der Waals surface area contributed by atoms with E-state index in [0.717, 1.165) is 13.1 Å². The molecule has 2 heterocycles. The summed E-state index contributed by atoms with van der Waals surface area (Å²) < 4.78 is 0. The fourth-order valence-electron chi connectivity index (χ4n) is 3.62. The summed E-state index contributed by atoms with van der Waals surface area (Å²) in [6.07, 6.45) is 0. The van der Waals surface area contributed by atoms with Gasteiger partial charge in [-0.3, -0.25) is 4.79 Å². The fraction of sp³-hybridized carbons (Fsp3) is 0.350. The van der Waals surface area contributed by atoms with Crippen molar-refractivity contribution in [3.8, 4) is 11.1 Å². The minimum atomic E-state index is 0. The predicted molar refractivity (Wildman–Crippen MR) is 98.9 cm³/mol. The van der Waals surface area contributed by atoms with Crippen molar-refractivity contribution < 1.29 is 4.79 Å². The second-order valence-electron chi connectivity index (χ2n) is 6.72. The Labute approximate surface area is 149 Å². The molecule has 2 aromatic rings. The number of halogens is 1. The summed E-state index contributed by atoms with van der Waals surface area (Å²) in [4.78, 5) is 15.0. The molecule has 2 aromatic carbocycles. The van der Waals surface area contributed by atoms with Crippen LogP contribution in [0.2, 0.25) is 0 Å². The smallest absolute Gasteiger partial charge is 0.226 e. The zero-order valence-corrected chi connectivity index (χ0v) is 14.7. The molecule has 24 heavy (non-hydrogen) atoms. The fourth-order valence-corrected chi connectivity index (χ4v) is 3.62. The number of benzene rings is 2. The maximum absolute atomic E-state index is 13.0. The van der Waals surface area contributed by atoms with Crippen LogP contribution in [-0.4, -0.2) is 23.9 Å². The van der Waals surface area contributed by atoms with E-state index in [-0.39, 0.29) is 24.2 Å². The molecule has 0 aromatic heterocycles. The average molecular weight is 343 g/mol. The topological polar surface area (TPSA) is 32.3 Å². The van der Waals surface area contributed by atoms with E-state index in [4.69, 9.17) is 0 Å². The first kappa shape index (κ1) is 17.0. The largest absolute Gasteiger partial charge is 0.334 e. The van der Waals surface area contributed by atoms with Gasteiger partial charge in [0.05, 0.1) is 0 Å². The van der Waals surface area contributed by atoms with Gasteiger partial charge in [-0.25, -0.2) is 0 Å². The van der Waals surface area contributed by atoms with Crippen LogP contribution in [0.25, 0.3) is 11.1 Å². The summed E-state index contributed by atoms with van der Waals surface area (Å²) in [6.45, 7) is 5.42. The standard InChI is InChI=1S/C20H22N2O.ClH/c1-14(17-10-21-11-17)20(23)22-12-15-6-2-4-8-18(15)19-9-5-3-7-16(19)13-22;/h2-9,14,17,21H,10-13H2,1H3;1H. The highest BCUT2D eigenvalue weighted by atomic mass is 35.5. The average Bonchev–Trinajstić information content (AvgIpc) is 2.69. The molecular formula is C20H23ClN2O. The summed E-state index contributed by atoms with van der Waals surface area (Å²) in [5.41, 5.74) is 5.00. The maximum Gasteiger partial charge on any atom is 0.226 e. The molecule has 0 bridgehead atoms. The molecule has 1 unspecified atom stereocenters. The Morgan fingerprint density at radius 1 is 1.00 bits per heavy atom. The van der Waals surface area contributed by atoms with Gasteiger partial charge in [0.25, 0.3) is 0 Å². The van der Waals surface area contributed by atoms with Crippen molar-refractivity contribution in [2.24, 2.45) is 11.8 Å². The zero-order chi connectivity index (χ0) is 15.8. The van der Waals surface area contributed by atoms with Crippen molar-refractivity contribution in [1.82, 2.24) is 10.2 Å². The molecule has 1 atom stereocenters. The van der Waals surface area contributed by atoms with Crippen molar-refractivity contribution in [3.63, 3.8) is 0 Å². The second-order valence-corrected chi connectivity index (χ2v) is 6.72. The molecule has 4 rings (SSSR count). The second kappa shape index (κ2) is 6.96. The number of carbonyl (C=O) groups is 1. The molecule has 2 aliphatic rings. The minimum Gasteiger partial charge on any atom is -0.334 e. The Bertz CT molecular complexity index is 694. The number of hydrogen-bond acceptors (Lipinski definition) is 2. The first-order chi connectivity index (χ1) is 11.2. The van der Waals surface area contributed by atoms with Crippen molar-refractivity contribution >= 4 is 18.3 Å². The van der Waals surface area contributed by atoms with Crippen LogP contribution in [0.15, 0.2) is 48.5 Å². The van der Waals surface area contributed by atoms with E-state index in [2.05, 4.69) is 60.8 Å². The molecule has 1 saturated heterocycles. The molecule has 4 heteroatoms. The van der Waals surface area contributed by atoms with Crippen molar-refractivity contribution in [3.05, 3.63) is 59.7 Å². The molecule has 2 aliphatic heterocycles. The minimum absolute atomic E-state index is 0. The number of rotatable bonds is 2. The molecule has 1 fully saturated rings. The van der Waals surface area contributed by atoms with Crippen molar-refractivity contribution in [1.29, 1.82) is 0 Å². The Hall–Kier alpha value is -1.84. The molecule has 0 aliphatic carbocycles. The number of nitrogens with one attached hydrogen (secondary N) is 1. The lowest BCUT2D eigenvalue weighted by molar-refractivity contribution is -0.138. The van der Waals surface area contributed by atoms with Crippen molar-refractivity contribution in [2.45, 2.75) is 20.0 Å². The molecule has 0 radical (unpaired) electrons. The van der Waals surface area contributed by atoms with Crippen LogP contribution in [0, 0.1) is 11.8 Å². The van der Waals surface area contributed by atoms with Gasteiger partial charge >= 0.3 is 0 Å². The summed E-state index contributed by atoms with van der Waals surface area (Å²) in [5.74, 6) is 0.855. The van der Waals surface area contributed by atoms with E-state index in [1.165, 1.54) is 22.3 Å². The lowest BCUT2D eigenvalue weighted by atomic mass is 9.88. The Morgan fingerprint density at radius 2 is 1.50 bits per heavy atom. The van der Waals surface area contributed by atoms with Gasteiger partial charge in [-0.15, -0.1) is 12.4 Å². The van der Waals surface area contributed by atoms with Gasteiger partial charge in [-0.2, -0.15) is 0 Å². The van der Waals surface area contributed by atoms with Crippen LogP contribution in [-0.2, 0) is 17.9 Å². The van der Waals surface area contributed by atoms with Crippen molar-refractivity contribution in [2.75, 3.05) is 13.1 Å².